The van der Waals surface area contributed by atoms with Crippen LogP contribution in [0.1, 0.15) is 10.6 Å². The second-order valence-electron chi connectivity index (χ2n) is 4.40. The summed E-state index contributed by atoms with van der Waals surface area (Å²) in [6.45, 7) is 0.114. The summed E-state index contributed by atoms with van der Waals surface area (Å²) in [6, 6.07) is 11.1. The minimum absolute atomic E-state index is 0.185. The largest absolute Gasteiger partial charge is 0.484 e. The first kappa shape index (κ1) is 14.6. The molecule has 0 aliphatic heterocycles. The van der Waals surface area contributed by atoms with E-state index in [0.717, 1.165) is 15.2 Å². The van der Waals surface area contributed by atoms with Gasteiger partial charge in [0, 0.05) is 10.6 Å². The highest BCUT2D eigenvalue weighted by atomic mass is 35.5. The van der Waals surface area contributed by atoms with Crippen molar-refractivity contribution in [3.63, 3.8) is 0 Å². The second-order valence-corrected chi connectivity index (χ2v) is 6.36. The number of thiazole rings is 1. The Balaban J connectivity index is 1.84. The third-order valence-electron chi connectivity index (χ3n) is 2.93. The van der Waals surface area contributed by atoms with Gasteiger partial charge in [-0.3, -0.25) is 0 Å². The molecule has 0 atom stereocenters. The summed E-state index contributed by atoms with van der Waals surface area (Å²) in [5.74, 6) is 0.447. The lowest BCUT2D eigenvalue weighted by molar-refractivity contribution is 0.259. The highest BCUT2D eigenvalue weighted by Gasteiger charge is 2.12. The van der Waals surface area contributed by atoms with Gasteiger partial charge in [0.1, 0.15) is 17.4 Å². The lowest BCUT2D eigenvalue weighted by atomic mass is 10.2. The molecule has 0 saturated heterocycles. The van der Waals surface area contributed by atoms with E-state index in [9.17, 15) is 5.11 Å². The molecule has 0 bridgehead atoms. The molecular formula is C15H11Cl2NO2S. The first-order valence-electron chi connectivity index (χ1n) is 6.23. The monoisotopic (exact) mass is 339 g/mol. The van der Waals surface area contributed by atoms with E-state index in [1.54, 1.807) is 23.5 Å². The molecule has 2 aromatic carbocycles. The first-order chi connectivity index (χ1) is 10.2. The van der Waals surface area contributed by atoms with Gasteiger partial charge in [-0.1, -0.05) is 35.3 Å². The Kier molecular flexibility index (Phi) is 4.31. The number of benzene rings is 2. The number of para-hydroxylation sites is 1. The zero-order valence-electron chi connectivity index (χ0n) is 10.8. The van der Waals surface area contributed by atoms with Crippen LogP contribution in [0.25, 0.3) is 10.2 Å². The second kappa shape index (κ2) is 6.20. The fourth-order valence-corrected chi connectivity index (χ4v) is 3.48. The Bertz CT molecular complexity index is 755. The van der Waals surface area contributed by atoms with E-state index in [0.29, 0.717) is 28.0 Å². The van der Waals surface area contributed by atoms with Crippen LogP contribution in [0.3, 0.4) is 0 Å². The van der Waals surface area contributed by atoms with Crippen molar-refractivity contribution in [3.05, 3.63) is 57.0 Å². The van der Waals surface area contributed by atoms with Crippen LogP contribution >= 0.6 is 34.5 Å². The summed E-state index contributed by atoms with van der Waals surface area (Å²) in [4.78, 5) is 4.49. The van der Waals surface area contributed by atoms with Gasteiger partial charge in [-0.25, -0.2) is 4.98 Å². The van der Waals surface area contributed by atoms with Crippen LogP contribution in [0.2, 0.25) is 10.0 Å². The molecule has 1 aromatic heterocycles. The molecule has 0 spiro atoms. The number of hydrogen-bond acceptors (Lipinski definition) is 4. The Morgan fingerprint density at radius 1 is 1.19 bits per heavy atom. The highest BCUT2D eigenvalue weighted by Crippen LogP contribution is 2.33. The SMILES string of the molecule is OCc1cc(Cl)cc(Cl)c1OCc1nc2ccccc2s1. The molecule has 0 fully saturated rings. The van der Waals surface area contributed by atoms with Crippen molar-refractivity contribution in [1.29, 1.82) is 0 Å². The molecule has 0 aliphatic rings. The van der Waals surface area contributed by atoms with Crippen LogP contribution in [-0.2, 0) is 13.2 Å². The summed E-state index contributed by atoms with van der Waals surface area (Å²) in [5.41, 5.74) is 1.51. The van der Waals surface area contributed by atoms with Gasteiger partial charge in [0.05, 0.1) is 21.8 Å². The zero-order chi connectivity index (χ0) is 14.8. The van der Waals surface area contributed by atoms with Crippen LogP contribution in [0.5, 0.6) is 5.75 Å². The summed E-state index contributed by atoms with van der Waals surface area (Å²) in [5, 5.41) is 11.1. The number of aromatic nitrogens is 1. The average Bonchev–Trinajstić information content (AvgIpc) is 2.88. The van der Waals surface area contributed by atoms with E-state index in [4.69, 9.17) is 27.9 Å². The number of hydrogen-bond donors (Lipinski definition) is 1. The topological polar surface area (TPSA) is 42.4 Å². The lowest BCUT2D eigenvalue weighted by Crippen LogP contribution is -1.99. The summed E-state index contributed by atoms with van der Waals surface area (Å²) >= 11 is 13.6. The molecule has 1 N–H and O–H groups in total. The van der Waals surface area contributed by atoms with E-state index in [-0.39, 0.29) is 6.61 Å². The molecule has 21 heavy (non-hydrogen) atoms. The van der Waals surface area contributed by atoms with Gasteiger partial charge in [-0.15, -0.1) is 11.3 Å². The fourth-order valence-electron chi connectivity index (χ4n) is 2.01. The van der Waals surface area contributed by atoms with Crippen LogP contribution in [0.4, 0.5) is 0 Å². The molecule has 1 heterocycles. The predicted octanol–water partition coefficient (Wildman–Crippen LogP) is 4.67. The minimum atomic E-state index is -0.185. The predicted molar refractivity (Wildman–Crippen MR) is 86.3 cm³/mol. The maximum atomic E-state index is 9.37. The Morgan fingerprint density at radius 2 is 2.00 bits per heavy atom. The van der Waals surface area contributed by atoms with Crippen molar-refractivity contribution >= 4 is 44.8 Å². The third kappa shape index (κ3) is 3.14. The maximum Gasteiger partial charge on any atom is 0.144 e. The van der Waals surface area contributed by atoms with E-state index in [2.05, 4.69) is 4.98 Å². The highest BCUT2D eigenvalue weighted by molar-refractivity contribution is 7.18. The molecule has 3 nitrogen and oxygen atoms in total. The first-order valence-corrected chi connectivity index (χ1v) is 7.80. The zero-order valence-corrected chi connectivity index (χ0v) is 13.2. The van der Waals surface area contributed by atoms with Crippen molar-refractivity contribution in [2.75, 3.05) is 0 Å². The number of fused-ring (bicyclic) bond motifs is 1. The molecule has 0 saturated carbocycles. The third-order valence-corrected chi connectivity index (χ3v) is 4.44. The molecule has 3 aromatic rings. The minimum Gasteiger partial charge on any atom is -0.484 e. The van der Waals surface area contributed by atoms with E-state index < -0.39 is 0 Å². The van der Waals surface area contributed by atoms with Gasteiger partial charge in [-0.05, 0) is 24.3 Å². The number of aliphatic hydroxyl groups excluding tert-OH is 1. The van der Waals surface area contributed by atoms with Crippen molar-refractivity contribution in [1.82, 2.24) is 4.98 Å². The lowest BCUT2D eigenvalue weighted by Gasteiger charge is -2.11. The van der Waals surface area contributed by atoms with E-state index in [1.165, 1.54) is 0 Å². The summed E-state index contributed by atoms with van der Waals surface area (Å²) in [6.07, 6.45) is 0. The molecule has 0 aliphatic carbocycles. The molecule has 108 valence electrons. The molecule has 6 heteroatoms. The van der Waals surface area contributed by atoms with E-state index in [1.807, 2.05) is 24.3 Å². The normalized spacial score (nSPS) is 11.0. The number of nitrogens with zero attached hydrogens (tertiary/aromatic N) is 1. The smallest absolute Gasteiger partial charge is 0.144 e. The average molecular weight is 340 g/mol. The number of aliphatic hydroxyl groups is 1. The van der Waals surface area contributed by atoms with Crippen LogP contribution in [-0.4, -0.2) is 10.1 Å². The maximum absolute atomic E-state index is 9.37. The number of halogens is 2. The van der Waals surface area contributed by atoms with Crippen molar-refractivity contribution in [2.45, 2.75) is 13.2 Å². The van der Waals surface area contributed by atoms with Gasteiger partial charge in [0.2, 0.25) is 0 Å². The molecular weight excluding hydrogens is 329 g/mol. The quantitative estimate of drug-likeness (QED) is 0.750. The summed E-state index contributed by atoms with van der Waals surface area (Å²) in [7, 11) is 0. The molecule has 0 unspecified atom stereocenters. The Labute approximate surface area is 135 Å². The Morgan fingerprint density at radius 3 is 2.76 bits per heavy atom. The van der Waals surface area contributed by atoms with Crippen LogP contribution < -0.4 is 4.74 Å². The van der Waals surface area contributed by atoms with Gasteiger partial charge in [0.25, 0.3) is 0 Å². The van der Waals surface area contributed by atoms with E-state index >= 15 is 0 Å². The summed E-state index contributed by atoms with van der Waals surface area (Å²) < 4.78 is 6.84. The fraction of sp³-hybridized carbons (Fsp3) is 0.133. The molecule has 0 amide bonds. The number of ether oxygens (including phenoxy) is 1. The molecule has 0 radical (unpaired) electrons. The van der Waals surface area contributed by atoms with Gasteiger partial charge in [0.15, 0.2) is 0 Å². The van der Waals surface area contributed by atoms with Gasteiger partial charge in [-0.2, -0.15) is 0 Å². The van der Waals surface area contributed by atoms with Crippen molar-refractivity contribution in [2.24, 2.45) is 0 Å². The van der Waals surface area contributed by atoms with Crippen molar-refractivity contribution < 1.29 is 9.84 Å². The number of rotatable bonds is 4. The van der Waals surface area contributed by atoms with Gasteiger partial charge < -0.3 is 9.84 Å². The van der Waals surface area contributed by atoms with Gasteiger partial charge >= 0.3 is 0 Å². The molecule has 3 rings (SSSR count). The van der Waals surface area contributed by atoms with Crippen LogP contribution in [0.15, 0.2) is 36.4 Å². The standard InChI is InChI=1S/C15H11Cl2NO2S/c16-10-5-9(7-19)15(11(17)6-10)20-8-14-18-12-3-1-2-4-13(12)21-14/h1-6,19H,7-8H2. The van der Waals surface area contributed by atoms with Crippen molar-refractivity contribution in [3.8, 4) is 5.75 Å². The van der Waals surface area contributed by atoms with Crippen LogP contribution in [0, 0.1) is 0 Å². The Hall–Kier alpha value is -1.33.